The van der Waals surface area contributed by atoms with Gasteiger partial charge in [-0.2, -0.15) is 0 Å². The molecule has 118 valence electrons. The van der Waals surface area contributed by atoms with Crippen LogP contribution < -0.4 is 4.90 Å². The number of aromatic nitrogens is 4. The van der Waals surface area contributed by atoms with E-state index in [-0.39, 0.29) is 5.92 Å². The van der Waals surface area contributed by atoms with E-state index in [4.69, 9.17) is 0 Å². The number of piperidine rings is 1. The summed E-state index contributed by atoms with van der Waals surface area (Å²) in [6.45, 7) is 1.83. The fourth-order valence-electron chi connectivity index (χ4n) is 3.16. The average Bonchev–Trinajstić information content (AvgIpc) is 3.11. The van der Waals surface area contributed by atoms with E-state index in [2.05, 4.69) is 20.1 Å². The maximum absolute atomic E-state index is 10.6. The topological polar surface area (TPSA) is 67.1 Å². The second-order valence-corrected chi connectivity index (χ2v) is 7.37. The fraction of sp³-hybridized carbons (Fsp3) is 0.667. The zero-order valence-electron chi connectivity index (χ0n) is 12.7. The molecule has 1 aliphatic heterocycles. The number of imidazole rings is 1. The van der Waals surface area contributed by atoms with Crippen LogP contribution in [0.3, 0.4) is 0 Å². The molecule has 4 rings (SSSR count). The molecule has 2 aromatic rings. The first-order valence-electron chi connectivity index (χ1n) is 7.96. The Bertz CT molecular complexity index is 650. The van der Waals surface area contributed by atoms with Gasteiger partial charge in [-0.1, -0.05) is 11.3 Å². The Balaban J connectivity index is 1.47. The predicted molar refractivity (Wildman–Crippen MR) is 85.0 cm³/mol. The van der Waals surface area contributed by atoms with Crippen molar-refractivity contribution in [3.05, 3.63) is 23.2 Å². The summed E-state index contributed by atoms with van der Waals surface area (Å²) in [5.41, 5.74) is 0. The lowest BCUT2D eigenvalue weighted by atomic mass is 9.92. The number of aliphatic hydroxyl groups is 1. The monoisotopic (exact) mass is 319 g/mol. The molecule has 2 unspecified atom stereocenters. The van der Waals surface area contributed by atoms with Crippen LogP contribution in [0.5, 0.6) is 0 Å². The van der Waals surface area contributed by atoms with Crippen molar-refractivity contribution >= 4 is 16.5 Å². The Labute approximate surface area is 133 Å². The van der Waals surface area contributed by atoms with Crippen molar-refractivity contribution in [2.24, 2.45) is 13.0 Å². The number of nitrogens with zero attached hydrogens (tertiary/aromatic N) is 5. The minimum atomic E-state index is -0.515. The van der Waals surface area contributed by atoms with E-state index in [1.807, 2.05) is 17.8 Å². The summed E-state index contributed by atoms with van der Waals surface area (Å²) in [6.07, 6.45) is 7.73. The number of rotatable bonds is 4. The zero-order chi connectivity index (χ0) is 15.1. The van der Waals surface area contributed by atoms with E-state index in [0.29, 0.717) is 5.92 Å². The summed E-state index contributed by atoms with van der Waals surface area (Å²) in [5.74, 6) is 1.61. The van der Waals surface area contributed by atoms with Gasteiger partial charge in [-0.25, -0.2) is 4.98 Å². The van der Waals surface area contributed by atoms with Crippen LogP contribution in [0, 0.1) is 5.92 Å². The van der Waals surface area contributed by atoms with Gasteiger partial charge in [0.1, 0.15) is 16.9 Å². The average molecular weight is 319 g/mol. The molecule has 1 saturated carbocycles. The molecule has 0 bridgehead atoms. The molecule has 2 aromatic heterocycles. The highest BCUT2D eigenvalue weighted by molar-refractivity contribution is 7.15. The number of hydrogen-bond acceptors (Lipinski definition) is 6. The molecule has 2 atom stereocenters. The minimum Gasteiger partial charge on any atom is -0.385 e. The first-order valence-corrected chi connectivity index (χ1v) is 8.77. The van der Waals surface area contributed by atoms with Gasteiger partial charge in [-0.3, -0.25) is 0 Å². The van der Waals surface area contributed by atoms with Crippen molar-refractivity contribution in [1.29, 1.82) is 0 Å². The molecule has 22 heavy (non-hydrogen) atoms. The van der Waals surface area contributed by atoms with Gasteiger partial charge < -0.3 is 14.6 Å². The molecule has 6 nitrogen and oxygen atoms in total. The van der Waals surface area contributed by atoms with E-state index in [9.17, 15) is 5.11 Å². The maximum Gasteiger partial charge on any atom is 0.208 e. The standard InChI is InChI=1S/C15H21N5OS/c1-19-8-6-16-13(19)12(21)11-3-2-7-20(9-11)15-18-17-14(22-15)10-4-5-10/h6,8,10-12,21H,2-5,7,9H2,1H3. The number of hydrogen-bond donors (Lipinski definition) is 1. The lowest BCUT2D eigenvalue weighted by Crippen LogP contribution is -2.38. The lowest BCUT2D eigenvalue weighted by Gasteiger charge is -2.34. The third-order valence-corrected chi connectivity index (χ3v) is 5.80. The highest BCUT2D eigenvalue weighted by Crippen LogP contribution is 2.43. The third-order valence-electron chi connectivity index (χ3n) is 4.65. The van der Waals surface area contributed by atoms with E-state index >= 15 is 0 Å². The second kappa shape index (κ2) is 5.62. The van der Waals surface area contributed by atoms with Gasteiger partial charge in [-0.05, 0) is 25.7 Å². The Morgan fingerprint density at radius 2 is 2.18 bits per heavy atom. The molecule has 2 fully saturated rings. The lowest BCUT2D eigenvalue weighted by molar-refractivity contribution is 0.0875. The molecule has 0 aromatic carbocycles. The highest BCUT2D eigenvalue weighted by Gasteiger charge is 2.32. The molecular weight excluding hydrogens is 298 g/mol. The highest BCUT2D eigenvalue weighted by atomic mass is 32.1. The van der Waals surface area contributed by atoms with Gasteiger partial charge in [0.25, 0.3) is 0 Å². The normalized spacial score (nSPS) is 23.7. The molecule has 1 saturated heterocycles. The van der Waals surface area contributed by atoms with Crippen molar-refractivity contribution in [1.82, 2.24) is 19.7 Å². The first kappa shape index (κ1) is 14.1. The molecule has 3 heterocycles. The minimum absolute atomic E-state index is 0.197. The van der Waals surface area contributed by atoms with Gasteiger partial charge in [0.2, 0.25) is 5.13 Å². The van der Waals surface area contributed by atoms with Gasteiger partial charge in [0, 0.05) is 44.4 Å². The van der Waals surface area contributed by atoms with Gasteiger partial charge >= 0.3 is 0 Å². The zero-order valence-corrected chi connectivity index (χ0v) is 13.5. The molecule has 7 heteroatoms. The summed E-state index contributed by atoms with van der Waals surface area (Å²) in [6, 6.07) is 0. The summed E-state index contributed by atoms with van der Waals surface area (Å²) >= 11 is 1.73. The van der Waals surface area contributed by atoms with E-state index in [0.717, 1.165) is 36.9 Å². The van der Waals surface area contributed by atoms with Crippen LogP contribution >= 0.6 is 11.3 Å². The van der Waals surface area contributed by atoms with Crippen LogP contribution in [0.1, 0.15) is 48.5 Å². The Morgan fingerprint density at radius 1 is 1.32 bits per heavy atom. The molecule has 0 amide bonds. The molecule has 1 aliphatic carbocycles. The summed E-state index contributed by atoms with van der Waals surface area (Å²) < 4.78 is 1.90. The molecule has 2 aliphatic rings. The van der Waals surface area contributed by atoms with Crippen molar-refractivity contribution in [2.45, 2.75) is 37.7 Å². The van der Waals surface area contributed by atoms with Gasteiger partial charge in [0.05, 0.1) is 0 Å². The molecule has 0 spiro atoms. The van der Waals surface area contributed by atoms with E-state index in [1.165, 1.54) is 17.8 Å². The van der Waals surface area contributed by atoms with Crippen molar-refractivity contribution < 1.29 is 5.11 Å². The summed E-state index contributed by atoms with van der Waals surface area (Å²) in [4.78, 5) is 6.57. The number of aliphatic hydroxyl groups excluding tert-OH is 1. The van der Waals surface area contributed by atoms with Crippen LogP contribution in [0.25, 0.3) is 0 Å². The molecular formula is C15H21N5OS. The third kappa shape index (κ3) is 2.63. The number of aryl methyl sites for hydroxylation is 1. The fourth-order valence-corrected chi connectivity index (χ4v) is 4.21. The summed E-state index contributed by atoms with van der Waals surface area (Å²) in [5, 5.41) is 21.5. The first-order chi connectivity index (χ1) is 10.7. The van der Waals surface area contributed by atoms with Crippen LogP contribution in [0.15, 0.2) is 12.4 Å². The second-order valence-electron chi connectivity index (χ2n) is 6.39. The smallest absolute Gasteiger partial charge is 0.208 e. The van der Waals surface area contributed by atoms with Gasteiger partial charge in [-0.15, -0.1) is 10.2 Å². The Morgan fingerprint density at radius 3 is 2.91 bits per heavy atom. The SMILES string of the molecule is Cn1ccnc1C(O)C1CCCN(c2nnc(C3CC3)s2)C1. The molecule has 0 radical (unpaired) electrons. The van der Waals surface area contributed by atoms with Crippen LogP contribution in [-0.4, -0.2) is 37.9 Å². The van der Waals surface area contributed by atoms with Crippen molar-refractivity contribution in [3.8, 4) is 0 Å². The van der Waals surface area contributed by atoms with Crippen LogP contribution in [-0.2, 0) is 7.05 Å². The van der Waals surface area contributed by atoms with Gasteiger partial charge in [0.15, 0.2) is 0 Å². The Hall–Kier alpha value is -1.47. The largest absolute Gasteiger partial charge is 0.385 e. The van der Waals surface area contributed by atoms with Crippen molar-refractivity contribution in [3.63, 3.8) is 0 Å². The maximum atomic E-state index is 10.6. The van der Waals surface area contributed by atoms with Crippen LogP contribution in [0.4, 0.5) is 5.13 Å². The summed E-state index contributed by atoms with van der Waals surface area (Å²) in [7, 11) is 1.93. The predicted octanol–water partition coefficient (Wildman–Crippen LogP) is 2.10. The quantitative estimate of drug-likeness (QED) is 0.935. The Kier molecular flexibility index (Phi) is 3.62. The van der Waals surface area contributed by atoms with Crippen LogP contribution in [0.2, 0.25) is 0 Å². The van der Waals surface area contributed by atoms with E-state index in [1.54, 1.807) is 17.5 Å². The van der Waals surface area contributed by atoms with Crippen molar-refractivity contribution in [2.75, 3.05) is 18.0 Å². The number of anilines is 1. The van der Waals surface area contributed by atoms with E-state index < -0.39 is 6.10 Å². The molecule has 1 N–H and O–H groups in total.